The lowest BCUT2D eigenvalue weighted by Crippen LogP contribution is -1.96. The summed E-state index contributed by atoms with van der Waals surface area (Å²) < 4.78 is 30.4. The number of hydrogen-bond acceptors (Lipinski definition) is 4. The highest BCUT2D eigenvalue weighted by molar-refractivity contribution is 14.1. The monoisotopic (exact) mass is 483 g/mol. The van der Waals surface area contributed by atoms with Crippen LogP contribution in [-0.2, 0) is 10.1 Å². The fourth-order valence-electron chi connectivity index (χ4n) is 2.05. The molecule has 0 aliphatic heterocycles. The van der Waals surface area contributed by atoms with Crippen molar-refractivity contribution < 1.29 is 17.9 Å². The van der Waals surface area contributed by atoms with E-state index < -0.39 is 10.1 Å². The van der Waals surface area contributed by atoms with E-state index in [1.165, 1.54) is 24.3 Å². The standard InChI is InChI=1S/C12H8INO2.C6H6O3S/c13-12-4-2-1-3-11(12)9-5-7-10(8-6-9)14(15)16;7-10(8,9)6-4-2-1-3-5-6/h1-8H;1-5H,(H,7,8,9). The van der Waals surface area contributed by atoms with Gasteiger partial charge in [0.05, 0.1) is 9.82 Å². The fourth-order valence-corrected chi connectivity index (χ4v) is 3.25. The van der Waals surface area contributed by atoms with Crippen molar-refractivity contribution in [2.45, 2.75) is 4.90 Å². The molecule has 0 aliphatic rings. The van der Waals surface area contributed by atoms with Gasteiger partial charge in [0.1, 0.15) is 0 Å². The molecule has 0 unspecified atom stereocenters. The Bertz CT molecular complexity index is 990. The molecule has 26 heavy (non-hydrogen) atoms. The predicted molar refractivity (Wildman–Crippen MR) is 108 cm³/mol. The molecular formula is C18H14INO5S. The Kier molecular flexibility index (Phi) is 6.83. The third kappa shape index (κ3) is 5.61. The van der Waals surface area contributed by atoms with E-state index >= 15 is 0 Å². The Morgan fingerprint density at radius 3 is 1.85 bits per heavy atom. The van der Waals surface area contributed by atoms with E-state index in [2.05, 4.69) is 22.6 Å². The van der Waals surface area contributed by atoms with E-state index in [1.54, 1.807) is 30.3 Å². The van der Waals surface area contributed by atoms with Crippen molar-refractivity contribution in [1.29, 1.82) is 0 Å². The largest absolute Gasteiger partial charge is 0.294 e. The number of nitro groups is 1. The third-order valence-electron chi connectivity index (χ3n) is 3.30. The smallest absolute Gasteiger partial charge is 0.282 e. The molecule has 0 heterocycles. The van der Waals surface area contributed by atoms with E-state index in [0.29, 0.717) is 0 Å². The topological polar surface area (TPSA) is 97.5 Å². The molecule has 0 spiro atoms. The molecule has 0 atom stereocenters. The maximum atomic E-state index is 10.5. The van der Waals surface area contributed by atoms with Crippen molar-refractivity contribution in [3.63, 3.8) is 0 Å². The molecule has 0 bridgehead atoms. The lowest BCUT2D eigenvalue weighted by atomic mass is 10.1. The van der Waals surface area contributed by atoms with Crippen LogP contribution < -0.4 is 0 Å². The van der Waals surface area contributed by atoms with Crippen LogP contribution in [0.3, 0.4) is 0 Å². The Labute approximate surface area is 164 Å². The molecule has 8 heteroatoms. The van der Waals surface area contributed by atoms with Crippen LogP contribution >= 0.6 is 22.6 Å². The first-order valence-corrected chi connectivity index (χ1v) is 9.83. The van der Waals surface area contributed by atoms with E-state index in [-0.39, 0.29) is 15.5 Å². The normalized spacial score (nSPS) is 10.5. The van der Waals surface area contributed by atoms with Gasteiger partial charge < -0.3 is 0 Å². The zero-order valence-electron chi connectivity index (χ0n) is 13.3. The van der Waals surface area contributed by atoms with Crippen LogP contribution in [0, 0.1) is 13.7 Å². The molecule has 0 saturated heterocycles. The minimum atomic E-state index is -4.00. The van der Waals surface area contributed by atoms with Gasteiger partial charge in [-0.2, -0.15) is 8.42 Å². The van der Waals surface area contributed by atoms with Crippen LogP contribution in [-0.4, -0.2) is 17.9 Å². The van der Waals surface area contributed by atoms with E-state index in [4.69, 9.17) is 4.55 Å². The number of nitro benzene ring substituents is 1. The van der Waals surface area contributed by atoms with Crippen molar-refractivity contribution in [2.75, 3.05) is 0 Å². The van der Waals surface area contributed by atoms with Gasteiger partial charge in [0.25, 0.3) is 15.8 Å². The highest BCUT2D eigenvalue weighted by atomic mass is 127. The lowest BCUT2D eigenvalue weighted by Gasteiger charge is -2.03. The summed E-state index contributed by atoms with van der Waals surface area (Å²) in [5.41, 5.74) is 2.21. The molecule has 1 N–H and O–H groups in total. The SMILES string of the molecule is O=S(=O)(O)c1ccccc1.O=[N+]([O-])c1ccc(-c2ccccc2I)cc1. The summed E-state index contributed by atoms with van der Waals surface area (Å²) in [6.07, 6.45) is 0. The summed E-state index contributed by atoms with van der Waals surface area (Å²) in [5, 5.41) is 10.5. The van der Waals surface area contributed by atoms with Gasteiger partial charge in [0, 0.05) is 15.7 Å². The average molecular weight is 483 g/mol. The van der Waals surface area contributed by atoms with Crippen molar-refractivity contribution in [2.24, 2.45) is 0 Å². The molecule has 0 radical (unpaired) electrons. The van der Waals surface area contributed by atoms with Gasteiger partial charge in [-0.05, 0) is 64.0 Å². The lowest BCUT2D eigenvalue weighted by molar-refractivity contribution is -0.384. The quantitative estimate of drug-likeness (QED) is 0.250. The first kappa shape index (κ1) is 20.0. The zero-order chi connectivity index (χ0) is 19.2. The van der Waals surface area contributed by atoms with Crippen LogP contribution in [0.5, 0.6) is 0 Å². The van der Waals surface area contributed by atoms with E-state index in [0.717, 1.165) is 14.7 Å². The summed E-state index contributed by atoms with van der Waals surface area (Å²) in [4.78, 5) is 10.1. The molecule has 134 valence electrons. The Morgan fingerprint density at radius 2 is 1.38 bits per heavy atom. The molecule has 0 saturated carbocycles. The van der Waals surface area contributed by atoms with Crippen molar-refractivity contribution in [3.8, 4) is 11.1 Å². The maximum absolute atomic E-state index is 10.5. The van der Waals surface area contributed by atoms with Gasteiger partial charge in [-0.25, -0.2) is 0 Å². The summed E-state index contributed by atoms with van der Waals surface area (Å²) >= 11 is 2.25. The first-order chi connectivity index (χ1) is 12.3. The van der Waals surface area contributed by atoms with Gasteiger partial charge in [0.2, 0.25) is 0 Å². The molecule has 3 rings (SSSR count). The number of rotatable bonds is 3. The zero-order valence-corrected chi connectivity index (χ0v) is 16.3. The molecule has 3 aromatic rings. The molecule has 0 aromatic heterocycles. The summed E-state index contributed by atoms with van der Waals surface area (Å²) in [6.45, 7) is 0. The molecule has 0 amide bonds. The van der Waals surface area contributed by atoms with Crippen LogP contribution in [0.4, 0.5) is 5.69 Å². The van der Waals surface area contributed by atoms with Gasteiger partial charge in [-0.1, -0.05) is 36.4 Å². The molecule has 6 nitrogen and oxygen atoms in total. The van der Waals surface area contributed by atoms with Gasteiger partial charge in [-0.3, -0.25) is 14.7 Å². The van der Waals surface area contributed by atoms with Gasteiger partial charge in [-0.15, -0.1) is 0 Å². The highest BCUT2D eigenvalue weighted by Crippen LogP contribution is 2.26. The maximum Gasteiger partial charge on any atom is 0.294 e. The average Bonchev–Trinajstić information content (AvgIpc) is 2.63. The van der Waals surface area contributed by atoms with Crippen molar-refractivity contribution in [3.05, 3.63) is 92.5 Å². The second kappa shape index (κ2) is 8.88. The van der Waals surface area contributed by atoms with Crippen molar-refractivity contribution in [1.82, 2.24) is 0 Å². The number of nitrogens with zero attached hydrogens (tertiary/aromatic N) is 1. The fraction of sp³-hybridized carbons (Fsp3) is 0. The summed E-state index contributed by atoms with van der Waals surface area (Å²) in [7, 11) is -4.00. The highest BCUT2D eigenvalue weighted by Gasteiger charge is 2.07. The Balaban J connectivity index is 0.000000209. The molecule has 0 fully saturated rings. The second-order valence-corrected chi connectivity index (χ2v) is 7.66. The number of hydrogen-bond donors (Lipinski definition) is 1. The minimum absolute atomic E-state index is 0.0741. The van der Waals surface area contributed by atoms with Crippen molar-refractivity contribution >= 4 is 38.4 Å². The Morgan fingerprint density at radius 1 is 0.846 bits per heavy atom. The summed E-state index contributed by atoms with van der Waals surface area (Å²) in [6, 6.07) is 22.0. The number of halogens is 1. The Hall–Kier alpha value is -2.30. The molecule has 0 aliphatic carbocycles. The van der Waals surface area contributed by atoms with E-state index in [1.807, 2.05) is 24.3 Å². The third-order valence-corrected chi connectivity index (χ3v) is 5.11. The second-order valence-electron chi connectivity index (χ2n) is 5.07. The van der Waals surface area contributed by atoms with Crippen LogP contribution in [0.25, 0.3) is 11.1 Å². The van der Waals surface area contributed by atoms with E-state index in [9.17, 15) is 18.5 Å². The van der Waals surface area contributed by atoms with Gasteiger partial charge in [0.15, 0.2) is 0 Å². The first-order valence-electron chi connectivity index (χ1n) is 7.31. The minimum Gasteiger partial charge on any atom is -0.282 e. The van der Waals surface area contributed by atoms with Crippen LogP contribution in [0.2, 0.25) is 0 Å². The van der Waals surface area contributed by atoms with Crippen LogP contribution in [0.15, 0.2) is 83.8 Å². The van der Waals surface area contributed by atoms with Gasteiger partial charge >= 0.3 is 0 Å². The number of benzene rings is 3. The summed E-state index contributed by atoms with van der Waals surface area (Å²) in [5.74, 6) is 0. The molecular weight excluding hydrogens is 469 g/mol. The number of non-ortho nitro benzene ring substituents is 1. The van der Waals surface area contributed by atoms with Crippen LogP contribution in [0.1, 0.15) is 0 Å². The molecule has 3 aromatic carbocycles. The predicted octanol–water partition coefficient (Wildman–Crippen LogP) is 4.80.